The Labute approximate surface area is 150 Å². The maximum absolute atomic E-state index is 12.2. The summed E-state index contributed by atoms with van der Waals surface area (Å²) in [5.41, 5.74) is 2.46. The van der Waals surface area contributed by atoms with E-state index in [1.807, 2.05) is 31.2 Å². The van der Waals surface area contributed by atoms with Gasteiger partial charge in [-0.05, 0) is 37.3 Å². The number of thiazole rings is 1. The Balaban J connectivity index is 1.60. The van der Waals surface area contributed by atoms with Gasteiger partial charge in [0.25, 0.3) is 5.91 Å². The first kappa shape index (κ1) is 17.1. The Hall–Kier alpha value is -2.73. The summed E-state index contributed by atoms with van der Waals surface area (Å²) in [4.78, 5) is 22.3. The van der Waals surface area contributed by atoms with Crippen molar-refractivity contribution in [2.75, 3.05) is 13.7 Å². The third kappa shape index (κ3) is 4.22. The van der Waals surface area contributed by atoms with E-state index in [-0.39, 0.29) is 5.91 Å². The highest BCUT2D eigenvalue weighted by atomic mass is 32.1. The van der Waals surface area contributed by atoms with Crippen molar-refractivity contribution in [3.8, 4) is 16.5 Å². The van der Waals surface area contributed by atoms with Crippen molar-refractivity contribution in [3.63, 3.8) is 0 Å². The van der Waals surface area contributed by atoms with Crippen LogP contribution in [0, 0.1) is 6.92 Å². The number of aromatic nitrogens is 2. The van der Waals surface area contributed by atoms with Crippen molar-refractivity contribution >= 4 is 17.2 Å². The second-order valence-corrected chi connectivity index (χ2v) is 6.56. The highest BCUT2D eigenvalue weighted by molar-refractivity contribution is 7.15. The number of nitrogens with one attached hydrogen (secondary N) is 1. The smallest absolute Gasteiger partial charge is 0.251 e. The molecule has 0 radical (unpaired) electrons. The zero-order chi connectivity index (χ0) is 17.6. The lowest BCUT2D eigenvalue weighted by atomic mass is 10.2. The van der Waals surface area contributed by atoms with Crippen molar-refractivity contribution in [1.82, 2.24) is 15.3 Å². The van der Waals surface area contributed by atoms with Gasteiger partial charge >= 0.3 is 0 Å². The maximum Gasteiger partial charge on any atom is 0.251 e. The fraction of sp³-hybridized carbons (Fsp3) is 0.211. The van der Waals surface area contributed by atoms with Crippen LogP contribution in [0.15, 0.2) is 48.7 Å². The first-order chi connectivity index (χ1) is 12.2. The molecule has 6 heteroatoms. The summed E-state index contributed by atoms with van der Waals surface area (Å²) in [5, 5.41) is 3.85. The van der Waals surface area contributed by atoms with Crippen LogP contribution in [0.2, 0.25) is 0 Å². The number of ether oxygens (including phenoxy) is 1. The largest absolute Gasteiger partial charge is 0.497 e. The van der Waals surface area contributed by atoms with Gasteiger partial charge in [0.05, 0.1) is 18.5 Å². The maximum atomic E-state index is 12.2. The van der Waals surface area contributed by atoms with Gasteiger partial charge in [0, 0.05) is 29.6 Å². The van der Waals surface area contributed by atoms with Crippen LogP contribution >= 0.6 is 11.3 Å². The minimum atomic E-state index is -0.106. The van der Waals surface area contributed by atoms with Crippen molar-refractivity contribution < 1.29 is 9.53 Å². The van der Waals surface area contributed by atoms with E-state index in [9.17, 15) is 4.79 Å². The van der Waals surface area contributed by atoms with E-state index in [0.717, 1.165) is 27.7 Å². The molecule has 1 amide bonds. The van der Waals surface area contributed by atoms with Crippen molar-refractivity contribution in [3.05, 3.63) is 64.8 Å². The number of hydrogen-bond acceptors (Lipinski definition) is 5. The standard InChI is InChI=1S/C19H19N3O2S/c1-13-17(25-19(22-13)16-8-3-4-10-20-16)9-11-21-18(23)14-6-5-7-15(12-14)24-2/h3-8,10,12H,9,11H2,1-2H3,(H,21,23). The average molecular weight is 353 g/mol. The molecule has 25 heavy (non-hydrogen) atoms. The molecule has 0 atom stereocenters. The molecular weight excluding hydrogens is 334 g/mol. The number of carbonyl (C=O) groups excluding carboxylic acids is 1. The van der Waals surface area contributed by atoms with Gasteiger partial charge in [0.15, 0.2) is 0 Å². The summed E-state index contributed by atoms with van der Waals surface area (Å²) >= 11 is 1.62. The van der Waals surface area contributed by atoms with Gasteiger partial charge in [0.2, 0.25) is 0 Å². The SMILES string of the molecule is COc1cccc(C(=O)NCCc2sc(-c3ccccn3)nc2C)c1. The molecule has 3 aromatic rings. The number of methoxy groups -OCH3 is 1. The molecule has 0 unspecified atom stereocenters. The number of pyridine rings is 1. The zero-order valence-electron chi connectivity index (χ0n) is 14.2. The Bertz CT molecular complexity index is 862. The van der Waals surface area contributed by atoms with E-state index < -0.39 is 0 Å². The quantitative estimate of drug-likeness (QED) is 0.737. The zero-order valence-corrected chi connectivity index (χ0v) is 15.0. The molecule has 0 aliphatic heterocycles. The molecule has 3 rings (SSSR count). The Morgan fingerprint density at radius 2 is 2.12 bits per heavy atom. The number of carbonyl (C=O) groups is 1. The summed E-state index contributed by atoms with van der Waals surface area (Å²) in [6, 6.07) is 12.9. The molecule has 2 heterocycles. The van der Waals surface area contributed by atoms with Crippen molar-refractivity contribution in [1.29, 1.82) is 0 Å². The molecule has 0 aliphatic carbocycles. The van der Waals surface area contributed by atoms with Crippen LogP contribution in [0.4, 0.5) is 0 Å². The van der Waals surface area contributed by atoms with Crippen LogP contribution < -0.4 is 10.1 Å². The lowest BCUT2D eigenvalue weighted by molar-refractivity contribution is 0.0954. The predicted molar refractivity (Wildman–Crippen MR) is 99.1 cm³/mol. The van der Waals surface area contributed by atoms with E-state index in [2.05, 4.69) is 15.3 Å². The summed E-state index contributed by atoms with van der Waals surface area (Å²) in [5.74, 6) is 0.567. The molecule has 0 bridgehead atoms. The molecular formula is C19H19N3O2S. The number of nitrogens with zero attached hydrogens (tertiary/aromatic N) is 2. The van der Waals surface area contributed by atoms with Crippen LogP contribution in [0.25, 0.3) is 10.7 Å². The number of amides is 1. The van der Waals surface area contributed by atoms with Gasteiger partial charge in [0.1, 0.15) is 10.8 Å². The van der Waals surface area contributed by atoms with Gasteiger partial charge in [-0.25, -0.2) is 4.98 Å². The van der Waals surface area contributed by atoms with E-state index in [4.69, 9.17) is 4.74 Å². The highest BCUT2D eigenvalue weighted by Crippen LogP contribution is 2.26. The molecule has 2 aromatic heterocycles. The molecule has 5 nitrogen and oxygen atoms in total. The molecule has 0 aliphatic rings. The first-order valence-electron chi connectivity index (χ1n) is 7.97. The van der Waals surface area contributed by atoms with Gasteiger partial charge in [-0.2, -0.15) is 0 Å². The number of hydrogen-bond donors (Lipinski definition) is 1. The number of rotatable bonds is 6. The van der Waals surface area contributed by atoms with Crippen LogP contribution in [0.5, 0.6) is 5.75 Å². The highest BCUT2D eigenvalue weighted by Gasteiger charge is 2.11. The summed E-state index contributed by atoms with van der Waals surface area (Å²) in [7, 11) is 1.59. The Morgan fingerprint density at radius 1 is 1.24 bits per heavy atom. The van der Waals surface area contributed by atoms with Crippen LogP contribution in [-0.4, -0.2) is 29.5 Å². The second-order valence-electron chi connectivity index (χ2n) is 5.48. The summed E-state index contributed by atoms with van der Waals surface area (Å²) < 4.78 is 5.15. The monoisotopic (exact) mass is 353 g/mol. The van der Waals surface area contributed by atoms with Crippen LogP contribution in [-0.2, 0) is 6.42 Å². The van der Waals surface area contributed by atoms with Crippen molar-refractivity contribution in [2.45, 2.75) is 13.3 Å². The number of benzene rings is 1. The third-order valence-corrected chi connectivity index (χ3v) is 4.99. The van der Waals surface area contributed by atoms with E-state index in [0.29, 0.717) is 17.9 Å². The van der Waals surface area contributed by atoms with Gasteiger partial charge in [-0.15, -0.1) is 11.3 Å². The first-order valence-corrected chi connectivity index (χ1v) is 8.79. The summed E-state index contributed by atoms with van der Waals surface area (Å²) in [6.07, 6.45) is 2.51. The molecule has 0 saturated carbocycles. The van der Waals surface area contributed by atoms with Crippen LogP contribution in [0.1, 0.15) is 20.9 Å². The Morgan fingerprint density at radius 3 is 2.88 bits per heavy atom. The topological polar surface area (TPSA) is 64.1 Å². The third-order valence-electron chi connectivity index (χ3n) is 3.75. The van der Waals surface area contributed by atoms with Gasteiger partial charge < -0.3 is 10.1 Å². The normalized spacial score (nSPS) is 10.5. The number of aryl methyl sites for hydroxylation is 1. The summed E-state index contributed by atoms with van der Waals surface area (Å²) in [6.45, 7) is 2.54. The average Bonchev–Trinajstić information content (AvgIpc) is 3.03. The second kappa shape index (κ2) is 7.90. The van der Waals surface area contributed by atoms with Gasteiger partial charge in [-0.3, -0.25) is 9.78 Å². The van der Waals surface area contributed by atoms with E-state index in [1.165, 1.54) is 0 Å². The van der Waals surface area contributed by atoms with E-state index in [1.54, 1.807) is 42.8 Å². The Kier molecular flexibility index (Phi) is 5.40. The molecule has 1 N–H and O–H groups in total. The lowest BCUT2D eigenvalue weighted by Gasteiger charge is -2.06. The lowest BCUT2D eigenvalue weighted by Crippen LogP contribution is -2.25. The molecule has 128 valence electrons. The van der Waals surface area contributed by atoms with Gasteiger partial charge in [-0.1, -0.05) is 12.1 Å². The fourth-order valence-electron chi connectivity index (χ4n) is 2.41. The van der Waals surface area contributed by atoms with Crippen molar-refractivity contribution in [2.24, 2.45) is 0 Å². The molecule has 0 spiro atoms. The van der Waals surface area contributed by atoms with E-state index >= 15 is 0 Å². The van der Waals surface area contributed by atoms with Crippen LogP contribution in [0.3, 0.4) is 0 Å². The molecule has 0 fully saturated rings. The molecule has 1 aromatic carbocycles. The molecule has 0 saturated heterocycles. The predicted octanol–water partition coefficient (Wildman–Crippen LogP) is 3.49. The minimum Gasteiger partial charge on any atom is -0.497 e. The fourth-order valence-corrected chi connectivity index (χ4v) is 3.45. The minimum absolute atomic E-state index is 0.106.